The lowest BCUT2D eigenvalue weighted by Crippen LogP contribution is -2.48. The summed E-state index contributed by atoms with van der Waals surface area (Å²) in [6.07, 6.45) is 1.81. The monoisotopic (exact) mass is 455 g/mol. The van der Waals surface area contributed by atoms with Gasteiger partial charge < -0.3 is 14.1 Å². The Bertz CT molecular complexity index is 1060. The Hall–Kier alpha value is -3.26. The van der Waals surface area contributed by atoms with Crippen LogP contribution in [0.25, 0.3) is 11.3 Å². The van der Waals surface area contributed by atoms with Gasteiger partial charge in [-0.3, -0.25) is 9.69 Å². The van der Waals surface area contributed by atoms with Crippen molar-refractivity contribution in [3.63, 3.8) is 0 Å². The number of aryl methyl sites for hydroxylation is 1. The molecule has 0 aliphatic carbocycles. The van der Waals surface area contributed by atoms with Gasteiger partial charge in [0.05, 0.1) is 18.4 Å². The van der Waals surface area contributed by atoms with E-state index in [0.29, 0.717) is 19.7 Å². The standard InChI is InChI=1S/C25H27F2N3O3/c1-2-32-19-8-6-18(7-9-19)17-29-12-14-30(15-13-29)24(31)11-10-23-28-16-22(33-23)25-20(26)4-3-5-21(25)27/h3-9,16H,2,10-15,17H2,1H3. The van der Waals surface area contributed by atoms with Gasteiger partial charge in [-0.2, -0.15) is 0 Å². The number of aromatic nitrogens is 1. The highest BCUT2D eigenvalue weighted by atomic mass is 19.1. The Morgan fingerprint density at radius 2 is 1.76 bits per heavy atom. The molecule has 0 spiro atoms. The fourth-order valence-electron chi connectivity index (χ4n) is 3.92. The van der Waals surface area contributed by atoms with Crippen molar-refractivity contribution < 1.29 is 22.7 Å². The van der Waals surface area contributed by atoms with E-state index >= 15 is 0 Å². The van der Waals surface area contributed by atoms with Crippen LogP contribution in [0.5, 0.6) is 5.75 Å². The molecule has 1 amide bonds. The summed E-state index contributed by atoms with van der Waals surface area (Å²) < 4.78 is 38.8. The molecule has 0 unspecified atom stereocenters. The Balaban J connectivity index is 1.24. The molecule has 3 aromatic rings. The summed E-state index contributed by atoms with van der Waals surface area (Å²) in [5.41, 5.74) is 0.968. The van der Waals surface area contributed by atoms with Crippen LogP contribution in [0.2, 0.25) is 0 Å². The van der Waals surface area contributed by atoms with Gasteiger partial charge in [-0.1, -0.05) is 18.2 Å². The molecule has 0 saturated carbocycles. The highest BCUT2D eigenvalue weighted by molar-refractivity contribution is 5.76. The summed E-state index contributed by atoms with van der Waals surface area (Å²) in [5.74, 6) is -0.221. The van der Waals surface area contributed by atoms with Gasteiger partial charge in [0.25, 0.3) is 0 Å². The number of hydrogen-bond acceptors (Lipinski definition) is 5. The fourth-order valence-corrected chi connectivity index (χ4v) is 3.92. The van der Waals surface area contributed by atoms with Crippen LogP contribution < -0.4 is 4.74 Å². The first kappa shape index (κ1) is 22.9. The van der Waals surface area contributed by atoms with Crippen molar-refractivity contribution in [3.8, 4) is 17.1 Å². The number of oxazole rings is 1. The first-order valence-electron chi connectivity index (χ1n) is 11.1. The third-order valence-corrected chi connectivity index (χ3v) is 5.68. The minimum Gasteiger partial charge on any atom is -0.494 e. The Morgan fingerprint density at radius 1 is 1.06 bits per heavy atom. The zero-order valence-electron chi connectivity index (χ0n) is 18.6. The maximum Gasteiger partial charge on any atom is 0.223 e. The lowest BCUT2D eigenvalue weighted by Gasteiger charge is -2.34. The molecular weight excluding hydrogens is 428 g/mol. The minimum atomic E-state index is -0.711. The molecule has 8 heteroatoms. The number of ether oxygens (including phenoxy) is 1. The number of rotatable bonds is 8. The van der Waals surface area contributed by atoms with E-state index in [2.05, 4.69) is 22.0 Å². The molecule has 0 radical (unpaired) electrons. The smallest absolute Gasteiger partial charge is 0.223 e. The maximum absolute atomic E-state index is 13.9. The molecule has 4 rings (SSSR count). The largest absolute Gasteiger partial charge is 0.494 e. The van der Waals surface area contributed by atoms with E-state index < -0.39 is 11.6 Å². The van der Waals surface area contributed by atoms with Gasteiger partial charge in [-0.15, -0.1) is 0 Å². The second kappa shape index (κ2) is 10.6. The molecule has 1 aromatic heterocycles. The van der Waals surface area contributed by atoms with Crippen LogP contribution in [0.15, 0.2) is 53.1 Å². The van der Waals surface area contributed by atoms with Gasteiger partial charge in [0.15, 0.2) is 11.7 Å². The molecule has 6 nitrogen and oxygen atoms in total. The summed E-state index contributed by atoms with van der Waals surface area (Å²) in [7, 11) is 0. The Kier molecular flexibility index (Phi) is 7.34. The van der Waals surface area contributed by atoms with Crippen LogP contribution in [-0.2, 0) is 17.8 Å². The minimum absolute atomic E-state index is 0.0209. The number of piperazine rings is 1. The summed E-state index contributed by atoms with van der Waals surface area (Å²) in [6, 6.07) is 11.7. The topological polar surface area (TPSA) is 58.8 Å². The van der Waals surface area contributed by atoms with E-state index in [1.807, 2.05) is 24.0 Å². The molecule has 1 aliphatic heterocycles. The predicted octanol–water partition coefficient (Wildman–Crippen LogP) is 4.30. The zero-order valence-corrected chi connectivity index (χ0v) is 18.6. The number of nitrogens with zero attached hydrogens (tertiary/aromatic N) is 3. The van der Waals surface area contributed by atoms with Gasteiger partial charge >= 0.3 is 0 Å². The molecule has 2 heterocycles. The van der Waals surface area contributed by atoms with Crippen molar-refractivity contribution in [2.45, 2.75) is 26.3 Å². The number of halogens is 2. The number of amides is 1. The molecule has 33 heavy (non-hydrogen) atoms. The lowest BCUT2D eigenvalue weighted by molar-refractivity contribution is -0.133. The Morgan fingerprint density at radius 3 is 2.42 bits per heavy atom. The van der Waals surface area contributed by atoms with E-state index in [0.717, 1.165) is 25.4 Å². The third-order valence-electron chi connectivity index (χ3n) is 5.68. The molecule has 1 aliphatic rings. The van der Waals surface area contributed by atoms with Crippen molar-refractivity contribution >= 4 is 5.91 Å². The second-order valence-corrected chi connectivity index (χ2v) is 7.95. The Labute approximate surface area is 191 Å². The van der Waals surface area contributed by atoms with Crippen molar-refractivity contribution in [1.29, 1.82) is 0 Å². The summed E-state index contributed by atoms with van der Waals surface area (Å²) in [5, 5.41) is 0. The quantitative estimate of drug-likeness (QED) is 0.507. The molecule has 0 atom stereocenters. The molecule has 0 bridgehead atoms. The molecule has 1 fully saturated rings. The predicted molar refractivity (Wildman–Crippen MR) is 120 cm³/mol. The number of benzene rings is 2. The van der Waals surface area contributed by atoms with Crippen LogP contribution >= 0.6 is 0 Å². The van der Waals surface area contributed by atoms with Crippen LogP contribution in [-0.4, -0.2) is 53.5 Å². The van der Waals surface area contributed by atoms with Crippen molar-refractivity contribution in [3.05, 3.63) is 71.8 Å². The normalized spacial score (nSPS) is 14.5. The maximum atomic E-state index is 13.9. The average molecular weight is 456 g/mol. The van der Waals surface area contributed by atoms with Gasteiger partial charge in [-0.05, 0) is 36.8 Å². The van der Waals surface area contributed by atoms with E-state index in [1.54, 1.807) is 0 Å². The lowest BCUT2D eigenvalue weighted by atomic mass is 10.1. The fraction of sp³-hybridized carbons (Fsp3) is 0.360. The van der Waals surface area contributed by atoms with Crippen LogP contribution in [0.1, 0.15) is 24.8 Å². The van der Waals surface area contributed by atoms with Crippen LogP contribution in [0.3, 0.4) is 0 Å². The van der Waals surface area contributed by atoms with Crippen molar-refractivity contribution in [1.82, 2.24) is 14.8 Å². The van der Waals surface area contributed by atoms with E-state index in [1.165, 1.54) is 30.0 Å². The molecule has 174 valence electrons. The number of carbonyl (C=O) groups excluding carboxylic acids is 1. The first-order valence-corrected chi connectivity index (χ1v) is 11.1. The summed E-state index contributed by atoms with van der Waals surface area (Å²) in [4.78, 5) is 20.9. The molecule has 2 aromatic carbocycles. The van der Waals surface area contributed by atoms with Crippen molar-refractivity contribution in [2.24, 2.45) is 0 Å². The average Bonchev–Trinajstić information content (AvgIpc) is 3.28. The SMILES string of the molecule is CCOc1ccc(CN2CCN(C(=O)CCc3ncc(-c4c(F)cccc4F)o3)CC2)cc1. The zero-order chi connectivity index (χ0) is 23.2. The van der Waals surface area contributed by atoms with E-state index in [-0.39, 0.29) is 36.0 Å². The first-order chi connectivity index (χ1) is 16.0. The highest BCUT2D eigenvalue weighted by Crippen LogP contribution is 2.27. The highest BCUT2D eigenvalue weighted by Gasteiger charge is 2.22. The van der Waals surface area contributed by atoms with E-state index in [4.69, 9.17) is 9.15 Å². The van der Waals surface area contributed by atoms with Gasteiger partial charge in [0.2, 0.25) is 5.91 Å². The van der Waals surface area contributed by atoms with Crippen LogP contribution in [0.4, 0.5) is 8.78 Å². The van der Waals surface area contributed by atoms with Gasteiger partial charge in [-0.25, -0.2) is 13.8 Å². The number of hydrogen-bond donors (Lipinski definition) is 0. The summed E-state index contributed by atoms with van der Waals surface area (Å²) >= 11 is 0. The third kappa shape index (κ3) is 5.76. The molecule has 1 saturated heterocycles. The van der Waals surface area contributed by atoms with Crippen molar-refractivity contribution in [2.75, 3.05) is 32.8 Å². The second-order valence-electron chi connectivity index (χ2n) is 7.95. The van der Waals surface area contributed by atoms with Gasteiger partial charge in [0.1, 0.15) is 17.4 Å². The summed E-state index contributed by atoms with van der Waals surface area (Å²) in [6.45, 7) is 6.37. The number of carbonyl (C=O) groups is 1. The molecule has 0 N–H and O–H groups in total. The van der Waals surface area contributed by atoms with Crippen LogP contribution in [0, 0.1) is 11.6 Å². The van der Waals surface area contributed by atoms with Gasteiger partial charge in [0, 0.05) is 45.6 Å². The molecular formula is C25H27F2N3O3. The van der Waals surface area contributed by atoms with E-state index in [9.17, 15) is 13.6 Å².